The monoisotopic (exact) mass is 401 g/mol. The predicted octanol–water partition coefficient (Wildman–Crippen LogP) is 1.89. The van der Waals surface area contributed by atoms with Crippen molar-refractivity contribution >= 4 is 23.1 Å². The van der Waals surface area contributed by atoms with E-state index in [1.165, 1.54) is 10.7 Å². The first-order valence-electron chi connectivity index (χ1n) is 9.59. The molecule has 1 aliphatic rings. The van der Waals surface area contributed by atoms with Crippen molar-refractivity contribution in [1.82, 2.24) is 24.4 Å². The van der Waals surface area contributed by atoms with Crippen molar-refractivity contribution in [3.63, 3.8) is 0 Å². The number of fused-ring (bicyclic) bond motifs is 1. The molecule has 1 unspecified atom stereocenters. The Morgan fingerprint density at radius 3 is 3.03 bits per heavy atom. The van der Waals surface area contributed by atoms with E-state index in [0.717, 1.165) is 0 Å². The molecule has 0 radical (unpaired) electrons. The van der Waals surface area contributed by atoms with Crippen molar-refractivity contribution < 1.29 is 14.3 Å². The lowest BCUT2D eigenvalue weighted by Gasteiger charge is -2.29. The summed E-state index contributed by atoms with van der Waals surface area (Å²) in [5, 5.41) is 21.6. The molecule has 1 atom stereocenters. The van der Waals surface area contributed by atoms with Gasteiger partial charge in [0.25, 0.3) is 5.91 Å². The fourth-order valence-corrected chi connectivity index (χ4v) is 3.51. The van der Waals surface area contributed by atoms with Gasteiger partial charge in [0.1, 0.15) is 17.4 Å². The van der Waals surface area contributed by atoms with Gasteiger partial charge >= 0.3 is 0 Å². The van der Waals surface area contributed by atoms with Crippen LogP contribution in [0.1, 0.15) is 37.0 Å². The summed E-state index contributed by atoms with van der Waals surface area (Å²) >= 11 is 0. The van der Waals surface area contributed by atoms with Gasteiger partial charge in [-0.15, -0.1) is 0 Å². The van der Waals surface area contributed by atoms with E-state index in [9.17, 15) is 14.3 Å². The number of aromatic nitrogens is 5. The van der Waals surface area contributed by atoms with Gasteiger partial charge in [0.2, 0.25) is 0 Å². The molecule has 154 valence electrons. The Kier molecular flexibility index (Phi) is 4.95. The minimum Gasteiger partial charge on any atom is -0.389 e. The molecule has 1 amide bonds. The number of piperidine rings is 1. The van der Waals surface area contributed by atoms with Crippen molar-refractivity contribution in [2.45, 2.75) is 45.0 Å². The average Bonchev–Trinajstić information content (AvgIpc) is 3.24. The van der Waals surface area contributed by atoms with Crippen LogP contribution in [0.25, 0.3) is 5.65 Å². The maximum absolute atomic E-state index is 14.0. The zero-order valence-corrected chi connectivity index (χ0v) is 16.4. The molecule has 0 aromatic carbocycles. The van der Waals surface area contributed by atoms with E-state index >= 15 is 0 Å². The van der Waals surface area contributed by atoms with Crippen LogP contribution in [0.3, 0.4) is 0 Å². The number of aliphatic hydroxyl groups is 1. The van der Waals surface area contributed by atoms with Crippen molar-refractivity contribution in [2.24, 2.45) is 0 Å². The van der Waals surface area contributed by atoms with E-state index in [0.29, 0.717) is 42.1 Å². The van der Waals surface area contributed by atoms with Crippen LogP contribution in [-0.4, -0.2) is 60.3 Å². The number of hydrogen-bond donors (Lipinski definition) is 2. The Morgan fingerprint density at radius 2 is 2.28 bits per heavy atom. The third-order valence-corrected chi connectivity index (χ3v) is 4.73. The number of amides is 1. The normalized spacial score (nSPS) is 17.7. The second kappa shape index (κ2) is 7.43. The van der Waals surface area contributed by atoms with Crippen LogP contribution in [0.5, 0.6) is 0 Å². The molecule has 3 aromatic heterocycles. The molecular weight excluding hydrogens is 377 g/mol. The first kappa shape index (κ1) is 19.3. The van der Waals surface area contributed by atoms with Crippen molar-refractivity contribution in [3.05, 3.63) is 36.4 Å². The van der Waals surface area contributed by atoms with Crippen molar-refractivity contribution in [2.75, 3.05) is 23.3 Å². The quantitative estimate of drug-likeness (QED) is 0.677. The van der Waals surface area contributed by atoms with Gasteiger partial charge in [-0.1, -0.05) is 0 Å². The molecule has 0 spiro atoms. The van der Waals surface area contributed by atoms with Crippen LogP contribution in [0, 0.1) is 0 Å². The highest BCUT2D eigenvalue weighted by atomic mass is 19.1. The molecule has 3 aromatic rings. The lowest BCUT2D eigenvalue weighted by molar-refractivity contribution is 0.0578. The van der Waals surface area contributed by atoms with Gasteiger partial charge < -0.3 is 15.3 Å². The second-order valence-corrected chi connectivity index (χ2v) is 7.96. The SMILES string of the molecule is CC(C)(O)Cn1cc(NC(=O)c2cnn3cccnc23)c(N2CCCC(F)C2)n1. The summed E-state index contributed by atoms with van der Waals surface area (Å²) < 4.78 is 17.1. The number of anilines is 2. The van der Waals surface area contributed by atoms with Crippen LogP contribution in [-0.2, 0) is 6.54 Å². The Balaban J connectivity index is 1.64. The minimum atomic E-state index is -0.985. The van der Waals surface area contributed by atoms with E-state index in [1.54, 1.807) is 43.2 Å². The summed E-state index contributed by atoms with van der Waals surface area (Å²) in [5.41, 5.74) is 0.246. The lowest BCUT2D eigenvalue weighted by atomic mass is 10.1. The maximum atomic E-state index is 14.0. The molecule has 0 saturated carbocycles. The molecule has 4 rings (SSSR count). The molecule has 1 fully saturated rings. The highest BCUT2D eigenvalue weighted by molar-refractivity contribution is 6.09. The first-order valence-corrected chi connectivity index (χ1v) is 9.59. The third kappa shape index (κ3) is 4.21. The Hall–Kier alpha value is -3.01. The van der Waals surface area contributed by atoms with E-state index in [4.69, 9.17) is 0 Å². The van der Waals surface area contributed by atoms with Gasteiger partial charge in [0.05, 0.1) is 31.1 Å². The maximum Gasteiger partial charge on any atom is 0.261 e. The number of nitrogens with one attached hydrogen (secondary N) is 1. The smallest absolute Gasteiger partial charge is 0.261 e. The molecule has 1 aliphatic heterocycles. The number of carbonyl (C=O) groups excluding carboxylic acids is 1. The third-order valence-electron chi connectivity index (χ3n) is 4.73. The van der Waals surface area contributed by atoms with Gasteiger partial charge in [-0.25, -0.2) is 13.9 Å². The molecular formula is C19H24FN7O2. The Bertz CT molecular complexity index is 1020. The summed E-state index contributed by atoms with van der Waals surface area (Å²) in [6, 6.07) is 1.73. The Morgan fingerprint density at radius 1 is 1.45 bits per heavy atom. The fraction of sp³-hybridized carbons (Fsp3) is 0.474. The molecule has 0 aliphatic carbocycles. The van der Waals surface area contributed by atoms with Crippen molar-refractivity contribution in [1.29, 1.82) is 0 Å². The largest absolute Gasteiger partial charge is 0.389 e. The molecule has 29 heavy (non-hydrogen) atoms. The van der Waals surface area contributed by atoms with Gasteiger partial charge in [-0.2, -0.15) is 10.2 Å². The molecule has 9 nitrogen and oxygen atoms in total. The number of halogens is 1. The van der Waals surface area contributed by atoms with E-state index in [-0.39, 0.29) is 19.0 Å². The van der Waals surface area contributed by atoms with Crippen LogP contribution in [0.15, 0.2) is 30.9 Å². The fourth-order valence-electron chi connectivity index (χ4n) is 3.51. The zero-order valence-electron chi connectivity index (χ0n) is 16.4. The Labute approximate surface area is 167 Å². The molecule has 2 N–H and O–H groups in total. The number of alkyl halides is 1. The molecule has 0 bridgehead atoms. The lowest BCUT2D eigenvalue weighted by Crippen LogP contribution is -2.37. The highest BCUT2D eigenvalue weighted by Gasteiger charge is 2.26. The van der Waals surface area contributed by atoms with Crippen LogP contribution < -0.4 is 10.2 Å². The summed E-state index contributed by atoms with van der Waals surface area (Å²) in [5.74, 6) is 0.117. The van der Waals surface area contributed by atoms with Crippen LogP contribution in [0.4, 0.5) is 15.9 Å². The van der Waals surface area contributed by atoms with E-state index in [1.807, 2.05) is 4.90 Å². The molecule has 4 heterocycles. The summed E-state index contributed by atoms with van der Waals surface area (Å²) in [4.78, 5) is 18.9. The van der Waals surface area contributed by atoms with E-state index < -0.39 is 11.8 Å². The highest BCUT2D eigenvalue weighted by Crippen LogP contribution is 2.29. The van der Waals surface area contributed by atoms with E-state index in [2.05, 4.69) is 20.5 Å². The molecule has 10 heteroatoms. The topological polar surface area (TPSA) is 101 Å². The summed E-state index contributed by atoms with van der Waals surface area (Å²) in [7, 11) is 0. The number of nitrogens with zero attached hydrogens (tertiary/aromatic N) is 6. The zero-order chi connectivity index (χ0) is 20.6. The van der Waals surface area contributed by atoms with Crippen LogP contribution in [0.2, 0.25) is 0 Å². The standard InChI is InChI=1S/C19H24FN7O2/c1-19(2,29)12-26-11-15(17(24-26)25-7-3-5-13(20)10-25)23-18(28)14-9-22-27-8-4-6-21-16(14)27/h4,6,8-9,11,13,29H,3,5,7,10,12H2,1-2H3,(H,23,28). The average molecular weight is 401 g/mol. The molecule has 1 saturated heterocycles. The predicted molar refractivity (Wildman–Crippen MR) is 106 cm³/mol. The number of hydrogen-bond acceptors (Lipinski definition) is 6. The first-order chi connectivity index (χ1) is 13.8. The summed E-state index contributed by atoms with van der Waals surface area (Å²) in [6.07, 6.45) is 6.72. The van der Waals surface area contributed by atoms with Crippen molar-refractivity contribution in [3.8, 4) is 0 Å². The van der Waals surface area contributed by atoms with Crippen LogP contribution >= 0.6 is 0 Å². The number of rotatable bonds is 5. The summed E-state index contributed by atoms with van der Waals surface area (Å²) in [6.45, 7) is 4.47. The van der Waals surface area contributed by atoms with Gasteiger partial charge in [0.15, 0.2) is 11.5 Å². The van der Waals surface area contributed by atoms with Gasteiger partial charge in [-0.3, -0.25) is 9.48 Å². The second-order valence-electron chi connectivity index (χ2n) is 7.96. The van der Waals surface area contributed by atoms with Gasteiger partial charge in [-0.05, 0) is 32.8 Å². The number of carbonyl (C=O) groups is 1. The van der Waals surface area contributed by atoms with Gasteiger partial charge in [0, 0.05) is 18.9 Å². The minimum absolute atomic E-state index is 0.223.